The molecule has 0 radical (unpaired) electrons. The third-order valence-electron chi connectivity index (χ3n) is 3.91. The number of aromatic nitrogens is 2. The van der Waals surface area contributed by atoms with Gasteiger partial charge in [0.15, 0.2) is 15.7 Å². The van der Waals surface area contributed by atoms with Crippen molar-refractivity contribution in [3.05, 3.63) is 51.5 Å². The number of aliphatic hydroxyl groups excluding tert-OH is 1. The number of imidazole rings is 1. The first-order valence-corrected chi connectivity index (χ1v) is 10.5. The summed E-state index contributed by atoms with van der Waals surface area (Å²) in [5.41, 5.74) is 0.748. The van der Waals surface area contributed by atoms with E-state index in [-0.39, 0.29) is 16.8 Å². The molecule has 1 heterocycles. The van der Waals surface area contributed by atoms with Gasteiger partial charge in [-0.3, -0.25) is 0 Å². The molecular weight excluding hydrogens is 449 g/mol. The predicted molar refractivity (Wildman–Crippen MR) is 103 cm³/mol. The summed E-state index contributed by atoms with van der Waals surface area (Å²) in [6, 6.07) is 6.41. The van der Waals surface area contributed by atoms with Crippen molar-refractivity contribution in [3.8, 4) is 0 Å². The standard InChI is InChI=1S/C16H14BrClFN3O3S/c1-26(24,25)13(6-23)9-5-12-16(21-7-20-12)14(19)15(9)22-11-3-2-8(17)4-10(11)18/h2-5,7,13,22-23H,6H2,1H3,(H,20,21). The molecule has 0 spiro atoms. The number of halogens is 3. The molecule has 3 aromatic rings. The lowest BCUT2D eigenvalue weighted by molar-refractivity contribution is 0.292. The molecule has 1 atom stereocenters. The summed E-state index contributed by atoms with van der Waals surface area (Å²) in [5, 5.41) is 11.5. The Morgan fingerprint density at radius 2 is 2.15 bits per heavy atom. The molecule has 0 fully saturated rings. The molecule has 0 bridgehead atoms. The second-order valence-electron chi connectivity index (χ2n) is 5.70. The van der Waals surface area contributed by atoms with Crippen LogP contribution in [-0.2, 0) is 9.84 Å². The first-order valence-electron chi connectivity index (χ1n) is 7.39. The Bertz CT molecular complexity index is 1090. The average Bonchev–Trinajstić information content (AvgIpc) is 3.01. The molecule has 0 aliphatic rings. The van der Waals surface area contributed by atoms with Crippen LogP contribution in [0.15, 0.2) is 35.1 Å². The van der Waals surface area contributed by atoms with Crippen molar-refractivity contribution in [2.24, 2.45) is 0 Å². The van der Waals surface area contributed by atoms with E-state index < -0.39 is 27.5 Å². The fourth-order valence-corrected chi connectivity index (χ4v) is 4.27. The van der Waals surface area contributed by atoms with Crippen LogP contribution in [0.25, 0.3) is 11.0 Å². The number of aromatic amines is 1. The second kappa shape index (κ2) is 7.15. The Kier molecular flexibility index (Phi) is 5.25. The number of aliphatic hydroxyl groups is 1. The predicted octanol–water partition coefficient (Wildman–Crippen LogP) is 3.94. The van der Waals surface area contributed by atoms with Crippen LogP contribution in [0.3, 0.4) is 0 Å². The quantitative estimate of drug-likeness (QED) is 0.534. The molecule has 1 unspecified atom stereocenters. The molecule has 0 saturated heterocycles. The second-order valence-corrected chi connectivity index (χ2v) is 9.25. The van der Waals surface area contributed by atoms with Crippen molar-refractivity contribution < 1.29 is 17.9 Å². The largest absolute Gasteiger partial charge is 0.395 e. The van der Waals surface area contributed by atoms with Crippen LogP contribution in [0.2, 0.25) is 5.02 Å². The van der Waals surface area contributed by atoms with Crippen molar-refractivity contribution >= 4 is 59.8 Å². The first-order chi connectivity index (χ1) is 12.2. The third-order valence-corrected chi connectivity index (χ3v) is 6.15. The highest BCUT2D eigenvalue weighted by Crippen LogP contribution is 2.38. The zero-order valence-corrected chi connectivity index (χ0v) is 16.6. The van der Waals surface area contributed by atoms with E-state index in [1.165, 1.54) is 12.4 Å². The Balaban J connectivity index is 2.24. The van der Waals surface area contributed by atoms with Crippen LogP contribution < -0.4 is 5.32 Å². The van der Waals surface area contributed by atoms with Gasteiger partial charge in [0, 0.05) is 16.3 Å². The fourth-order valence-electron chi connectivity index (χ4n) is 2.63. The molecule has 1 aromatic heterocycles. The number of nitrogens with one attached hydrogen (secondary N) is 2. The highest BCUT2D eigenvalue weighted by Gasteiger charge is 2.28. The van der Waals surface area contributed by atoms with Crippen molar-refractivity contribution in [1.82, 2.24) is 9.97 Å². The van der Waals surface area contributed by atoms with E-state index in [0.717, 1.165) is 10.7 Å². The smallest absolute Gasteiger partial charge is 0.174 e. The first kappa shape index (κ1) is 19.1. The van der Waals surface area contributed by atoms with E-state index in [1.54, 1.807) is 18.2 Å². The summed E-state index contributed by atoms with van der Waals surface area (Å²) in [6.45, 7) is -0.694. The Morgan fingerprint density at radius 3 is 2.77 bits per heavy atom. The van der Waals surface area contributed by atoms with Crippen molar-refractivity contribution in [3.63, 3.8) is 0 Å². The summed E-state index contributed by atoms with van der Waals surface area (Å²) in [4.78, 5) is 6.68. The maximum atomic E-state index is 15.1. The molecule has 3 N–H and O–H groups in total. The minimum atomic E-state index is -3.70. The SMILES string of the molecule is CS(=O)(=O)C(CO)c1cc2[nH]cnc2c(F)c1Nc1ccc(Br)cc1Cl. The van der Waals surface area contributed by atoms with E-state index in [0.29, 0.717) is 16.2 Å². The molecular formula is C16H14BrClFN3O3S. The highest BCUT2D eigenvalue weighted by atomic mass is 79.9. The molecule has 0 aliphatic heterocycles. The van der Waals surface area contributed by atoms with Crippen LogP contribution in [0.5, 0.6) is 0 Å². The van der Waals surface area contributed by atoms with Crippen LogP contribution in [0, 0.1) is 5.82 Å². The zero-order valence-electron chi connectivity index (χ0n) is 13.4. The van der Waals surface area contributed by atoms with Crippen molar-refractivity contribution in [2.45, 2.75) is 5.25 Å². The van der Waals surface area contributed by atoms with Gasteiger partial charge in [-0.25, -0.2) is 17.8 Å². The van der Waals surface area contributed by atoms with Crippen LogP contribution >= 0.6 is 27.5 Å². The van der Waals surface area contributed by atoms with E-state index in [1.807, 2.05) is 0 Å². The number of rotatable bonds is 5. The molecule has 0 aliphatic carbocycles. The number of sulfone groups is 1. The van der Waals surface area contributed by atoms with Crippen LogP contribution in [-0.4, -0.2) is 36.4 Å². The molecule has 3 rings (SSSR count). The Hall–Kier alpha value is -1.68. The molecule has 26 heavy (non-hydrogen) atoms. The maximum absolute atomic E-state index is 15.1. The van der Waals surface area contributed by atoms with Crippen molar-refractivity contribution in [1.29, 1.82) is 0 Å². The van der Waals surface area contributed by atoms with Gasteiger partial charge in [0.25, 0.3) is 0 Å². The van der Waals surface area contributed by atoms with Gasteiger partial charge in [0.05, 0.1) is 34.8 Å². The summed E-state index contributed by atoms with van der Waals surface area (Å²) < 4.78 is 40.0. The van der Waals surface area contributed by atoms with Gasteiger partial charge in [-0.05, 0) is 24.3 Å². The number of H-pyrrole nitrogens is 1. The van der Waals surface area contributed by atoms with E-state index in [9.17, 15) is 13.5 Å². The number of benzene rings is 2. The van der Waals surface area contributed by atoms with E-state index in [2.05, 4.69) is 31.2 Å². The summed E-state index contributed by atoms with van der Waals surface area (Å²) in [5.74, 6) is -0.736. The van der Waals surface area contributed by atoms with Crippen LogP contribution in [0.1, 0.15) is 10.8 Å². The van der Waals surface area contributed by atoms with E-state index in [4.69, 9.17) is 11.6 Å². The van der Waals surface area contributed by atoms with Gasteiger partial charge in [-0.2, -0.15) is 0 Å². The summed E-state index contributed by atoms with van der Waals surface area (Å²) in [6.07, 6.45) is 2.29. The molecule has 138 valence electrons. The van der Waals surface area contributed by atoms with Gasteiger partial charge < -0.3 is 15.4 Å². The number of anilines is 2. The lowest BCUT2D eigenvalue weighted by Gasteiger charge is -2.20. The van der Waals surface area contributed by atoms with E-state index >= 15 is 4.39 Å². The van der Waals surface area contributed by atoms with Gasteiger partial charge in [-0.1, -0.05) is 27.5 Å². The Labute approximate surface area is 162 Å². The van der Waals surface area contributed by atoms with Gasteiger partial charge in [0.1, 0.15) is 10.8 Å². The molecule has 2 aromatic carbocycles. The van der Waals surface area contributed by atoms with Crippen molar-refractivity contribution in [2.75, 3.05) is 18.2 Å². The monoisotopic (exact) mass is 461 g/mol. The molecule has 10 heteroatoms. The lowest BCUT2D eigenvalue weighted by Crippen LogP contribution is -2.17. The van der Waals surface area contributed by atoms with Gasteiger partial charge in [-0.15, -0.1) is 0 Å². The number of nitrogens with zero attached hydrogens (tertiary/aromatic N) is 1. The van der Waals surface area contributed by atoms with Gasteiger partial charge >= 0.3 is 0 Å². The summed E-state index contributed by atoms with van der Waals surface area (Å²) in [7, 11) is -3.70. The molecule has 0 amide bonds. The Morgan fingerprint density at radius 1 is 1.42 bits per heavy atom. The topological polar surface area (TPSA) is 95.1 Å². The van der Waals surface area contributed by atoms with Gasteiger partial charge in [0.2, 0.25) is 0 Å². The zero-order chi connectivity index (χ0) is 19.1. The minimum absolute atomic E-state index is 0.0506. The third kappa shape index (κ3) is 3.57. The fraction of sp³-hybridized carbons (Fsp3) is 0.188. The minimum Gasteiger partial charge on any atom is -0.395 e. The van der Waals surface area contributed by atoms with Crippen LogP contribution in [0.4, 0.5) is 15.8 Å². The highest BCUT2D eigenvalue weighted by molar-refractivity contribution is 9.10. The summed E-state index contributed by atoms with van der Waals surface area (Å²) >= 11 is 9.47. The maximum Gasteiger partial charge on any atom is 0.174 e. The number of fused-ring (bicyclic) bond motifs is 1. The molecule has 0 saturated carbocycles. The molecule has 6 nitrogen and oxygen atoms in total. The normalized spacial score (nSPS) is 13.1. The number of hydrogen-bond acceptors (Lipinski definition) is 5. The lowest BCUT2D eigenvalue weighted by atomic mass is 10.1. The number of hydrogen-bond donors (Lipinski definition) is 3. The average molecular weight is 463 g/mol.